The van der Waals surface area contributed by atoms with Crippen LogP contribution in [0.4, 0.5) is 0 Å². The van der Waals surface area contributed by atoms with Crippen LogP contribution in [-0.4, -0.2) is 22.8 Å². The maximum Gasteiger partial charge on any atom is 0.159 e. The SMILES string of the molecule is CC(=O)[C@H]1CC[C@H]2C3=CC(=O)C4C[C@H](O)CC[C@]4(C)[C@H]3CC[C@]12C. The summed E-state index contributed by atoms with van der Waals surface area (Å²) >= 11 is 0. The average Bonchev–Trinajstić information content (AvgIpc) is 2.87. The van der Waals surface area contributed by atoms with Crippen molar-refractivity contribution in [2.24, 2.45) is 34.5 Å². The number of hydrogen-bond donors (Lipinski definition) is 1. The summed E-state index contributed by atoms with van der Waals surface area (Å²) in [6, 6.07) is 0. The second-order valence-electron chi connectivity index (χ2n) is 9.42. The molecule has 1 N–H and O–H groups in total. The van der Waals surface area contributed by atoms with Crippen LogP contribution in [0.15, 0.2) is 11.6 Å². The van der Waals surface area contributed by atoms with Gasteiger partial charge in [0.05, 0.1) is 6.10 Å². The quantitative estimate of drug-likeness (QED) is 0.797. The van der Waals surface area contributed by atoms with E-state index in [0.717, 1.165) is 38.5 Å². The summed E-state index contributed by atoms with van der Waals surface area (Å²) in [6.45, 7) is 6.32. The predicted molar refractivity (Wildman–Crippen MR) is 92.3 cm³/mol. The molecular weight excluding hydrogens is 300 g/mol. The van der Waals surface area contributed by atoms with Crippen molar-refractivity contribution in [1.82, 2.24) is 0 Å². The van der Waals surface area contributed by atoms with Gasteiger partial charge in [-0.25, -0.2) is 0 Å². The van der Waals surface area contributed by atoms with Crippen LogP contribution in [0.2, 0.25) is 0 Å². The number of fused-ring (bicyclic) bond motifs is 5. The highest BCUT2D eigenvalue weighted by molar-refractivity contribution is 5.94. The zero-order chi connectivity index (χ0) is 17.3. The number of aliphatic hydroxyl groups excluding tert-OH is 1. The Hall–Kier alpha value is -0.960. The van der Waals surface area contributed by atoms with Crippen molar-refractivity contribution in [2.45, 2.75) is 71.8 Å². The maximum absolute atomic E-state index is 12.9. The molecule has 0 aromatic heterocycles. The lowest BCUT2D eigenvalue weighted by Crippen LogP contribution is -2.52. The molecule has 0 amide bonds. The summed E-state index contributed by atoms with van der Waals surface area (Å²) in [7, 11) is 0. The van der Waals surface area contributed by atoms with Crippen molar-refractivity contribution in [1.29, 1.82) is 0 Å². The highest BCUT2D eigenvalue weighted by Gasteiger charge is 2.59. The first-order chi connectivity index (χ1) is 11.3. The molecule has 7 atom stereocenters. The van der Waals surface area contributed by atoms with E-state index in [4.69, 9.17) is 0 Å². The molecule has 0 saturated heterocycles. The molecule has 4 aliphatic carbocycles. The smallest absolute Gasteiger partial charge is 0.159 e. The van der Waals surface area contributed by atoms with Gasteiger partial charge in [0.25, 0.3) is 0 Å². The van der Waals surface area contributed by atoms with Gasteiger partial charge in [-0.05, 0) is 80.6 Å². The minimum Gasteiger partial charge on any atom is -0.393 e. The van der Waals surface area contributed by atoms with Crippen LogP contribution < -0.4 is 0 Å². The zero-order valence-electron chi connectivity index (χ0n) is 15.2. The molecule has 0 radical (unpaired) electrons. The van der Waals surface area contributed by atoms with Crippen molar-refractivity contribution in [3.8, 4) is 0 Å². The summed E-state index contributed by atoms with van der Waals surface area (Å²) in [5.41, 5.74) is 1.41. The van der Waals surface area contributed by atoms with Crippen molar-refractivity contribution in [2.75, 3.05) is 0 Å². The molecule has 4 rings (SSSR count). The normalized spacial score (nSPS) is 50.6. The predicted octanol–water partition coefficient (Wildman–Crippen LogP) is 3.69. The van der Waals surface area contributed by atoms with Gasteiger partial charge in [-0.3, -0.25) is 9.59 Å². The van der Waals surface area contributed by atoms with E-state index in [1.54, 1.807) is 6.92 Å². The molecule has 0 aliphatic heterocycles. The van der Waals surface area contributed by atoms with E-state index in [-0.39, 0.29) is 34.6 Å². The number of allylic oxidation sites excluding steroid dienone is 2. The highest BCUT2D eigenvalue weighted by atomic mass is 16.3. The van der Waals surface area contributed by atoms with E-state index in [2.05, 4.69) is 13.8 Å². The molecule has 24 heavy (non-hydrogen) atoms. The Morgan fingerprint density at radius 1 is 1.04 bits per heavy atom. The van der Waals surface area contributed by atoms with Crippen molar-refractivity contribution < 1.29 is 14.7 Å². The first kappa shape index (κ1) is 16.5. The molecule has 0 aromatic carbocycles. The van der Waals surface area contributed by atoms with E-state index < -0.39 is 0 Å². The fraction of sp³-hybridized carbons (Fsp3) is 0.810. The second-order valence-corrected chi connectivity index (χ2v) is 9.42. The Morgan fingerprint density at radius 2 is 1.71 bits per heavy atom. The van der Waals surface area contributed by atoms with E-state index in [1.807, 2.05) is 6.08 Å². The monoisotopic (exact) mass is 330 g/mol. The van der Waals surface area contributed by atoms with Crippen LogP contribution in [0.3, 0.4) is 0 Å². The van der Waals surface area contributed by atoms with E-state index >= 15 is 0 Å². The third-order valence-corrected chi connectivity index (χ3v) is 8.37. The summed E-state index contributed by atoms with van der Waals surface area (Å²) in [4.78, 5) is 25.0. The Labute approximate surface area is 144 Å². The fourth-order valence-electron chi connectivity index (χ4n) is 7.01. The number of ketones is 2. The van der Waals surface area contributed by atoms with Crippen LogP contribution in [0, 0.1) is 34.5 Å². The Morgan fingerprint density at radius 3 is 2.42 bits per heavy atom. The number of carbonyl (C=O) groups excluding carboxylic acids is 2. The minimum atomic E-state index is -0.315. The number of Topliss-reactive ketones (excluding diaryl/α,β-unsaturated/α-hetero) is 1. The Balaban J connectivity index is 1.73. The summed E-state index contributed by atoms with van der Waals surface area (Å²) < 4.78 is 0. The molecule has 3 saturated carbocycles. The van der Waals surface area contributed by atoms with Gasteiger partial charge >= 0.3 is 0 Å². The number of carbonyl (C=O) groups is 2. The molecule has 0 heterocycles. The summed E-state index contributed by atoms with van der Waals surface area (Å²) in [6.07, 6.45) is 8.26. The second kappa shape index (κ2) is 5.27. The summed E-state index contributed by atoms with van der Waals surface area (Å²) in [5.74, 6) is 1.59. The number of rotatable bonds is 1. The van der Waals surface area contributed by atoms with Gasteiger partial charge in [0.1, 0.15) is 5.78 Å². The molecule has 4 aliphatic rings. The van der Waals surface area contributed by atoms with Gasteiger partial charge in [-0.1, -0.05) is 19.4 Å². The van der Waals surface area contributed by atoms with Crippen LogP contribution in [0.25, 0.3) is 0 Å². The lowest BCUT2D eigenvalue weighted by molar-refractivity contribution is -0.132. The van der Waals surface area contributed by atoms with Gasteiger partial charge < -0.3 is 5.11 Å². The van der Waals surface area contributed by atoms with Crippen molar-refractivity contribution >= 4 is 11.6 Å². The number of hydrogen-bond acceptors (Lipinski definition) is 3. The molecule has 132 valence electrons. The molecule has 3 nitrogen and oxygen atoms in total. The third-order valence-electron chi connectivity index (χ3n) is 8.37. The van der Waals surface area contributed by atoms with Gasteiger partial charge in [-0.2, -0.15) is 0 Å². The minimum absolute atomic E-state index is 0.00985. The topological polar surface area (TPSA) is 54.4 Å². The largest absolute Gasteiger partial charge is 0.393 e. The fourth-order valence-corrected chi connectivity index (χ4v) is 7.01. The molecule has 0 bridgehead atoms. The van der Waals surface area contributed by atoms with Crippen LogP contribution in [-0.2, 0) is 9.59 Å². The van der Waals surface area contributed by atoms with Crippen LogP contribution in [0.5, 0.6) is 0 Å². The van der Waals surface area contributed by atoms with Gasteiger partial charge in [0.2, 0.25) is 0 Å². The molecule has 3 heteroatoms. The van der Waals surface area contributed by atoms with Crippen molar-refractivity contribution in [3.63, 3.8) is 0 Å². The van der Waals surface area contributed by atoms with Gasteiger partial charge in [-0.15, -0.1) is 0 Å². The molecule has 0 spiro atoms. The number of aliphatic hydroxyl groups is 1. The average molecular weight is 330 g/mol. The van der Waals surface area contributed by atoms with Crippen LogP contribution >= 0.6 is 0 Å². The Bertz CT molecular complexity index is 621. The van der Waals surface area contributed by atoms with Gasteiger partial charge in [0.15, 0.2) is 5.78 Å². The van der Waals surface area contributed by atoms with Crippen molar-refractivity contribution in [3.05, 3.63) is 11.6 Å². The highest BCUT2D eigenvalue weighted by Crippen LogP contribution is 2.65. The molecule has 0 aromatic rings. The van der Waals surface area contributed by atoms with E-state index in [9.17, 15) is 14.7 Å². The van der Waals surface area contributed by atoms with Gasteiger partial charge in [0, 0.05) is 11.8 Å². The summed E-state index contributed by atoms with van der Waals surface area (Å²) in [5, 5.41) is 10.1. The molecule has 3 fully saturated rings. The standard InChI is InChI=1S/C21H30O3/c1-12(22)15-4-5-16-14-11-19(24)18-10-13(23)6-8-21(18,3)17(14)7-9-20(15,16)2/h11,13,15-18,23H,4-10H2,1-3H3/t13-,15-,16+,17+,18?,20-,21-/m1/s1. The Kier molecular flexibility index (Phi) is 3.62. The first-order valence-electron chi connectivity index (χ1n) is 9.71. The zero-order valence-corrected chi connectivity index (χ0v) is 15.2. The third kappa shape index (κ3) is 2.06. The van der Waals surface area contributed by atoms with E-state index in [1.165, 1.54) is 5.57 Å². The van der Waals surface area contributed by atoms with Crippen LogP contribution in [0.1, 0.15) is 65.7 Å². The molecular formula is C21H30O3. The molecule has 1 unspecified atom stereocenters. The lowest BCUT2D eigenvalue weighted by Gasteiger charge is -2.56. The van der Waals surface area contributed by atoms with E-state index in [0.29, 0.717) is 24.0 Å². The maximum atomic E-state index is 12.9. The first-order valence-corrected chi connectivity index (χ1v) is 9.71. The lowest BCUT2D eigenvalue weighted by atomic mass is 9.47.